The quantitative estimate of drug-likeness (QED) is 0.855. The third-order valence-electron chi connectivity index (χ3n) is 5.39. The Bertz CT molecular complexity index is 457. The van der Waals surface area contributed by atoms with Crippen molar-refractivity contribution in [3.05, 3.63) is 35.1 Å². The summed E-state index contributed by atoms with van der Waals surface area (Å²) < 4.78 is 13.5. The van der Waals surface area contributed by atoms with Gasteiger partial charge in [0.25, 0.3) is 0 Å². The number of halogens is 1. The number of nitrogens with one attached hydrogen (secondary N) is 1. The van der Waals surface area contributed by atoms with Gasteiger partial charge in [0.1, 0.15) is 5.82 Å². The van der Waals surface area contributed by atoms with Gasteiger partial charge in [-0.3, -0.25) is 0 Å². The molecule has 1 nitrogen and oxygen atoms in total. The first-order valence-corrected chi connectivity index (χ1v) is 7.60. The Morgan fingerprint density at radius 1 is 1.32 bits per heavy atom. The highest BCUT2D eigenvalue weighted by Gasteiger charge is 2.40. The molecular weight excluding hydrogens is 237 g/mol. The minimum Gasteiger partial charge on any atom is -0.313 e. The summed E-state index contributed by atoms with van der Waals surface area (Å²) in [7, 11) is 2.00. The maximum absolute atomic E-state index is 13.5. The second-order valence-electron chi connectivity index (χ2n) is 6.51. The summed E-state index contributed by atoms with van der Waals surface area (Å²) in [6.07, 6.45) is 6.89. The largest absolute Gasteiger partial charge is 0.313 e. The van der Waals surface area contributed by atoms with Gasteiger partial charge in [-0.25, -0.2) is 4.39 Å². The Morgan fingerprint density at radius 2 is 2.16 bits per heavy atom. The van der Waals surface area contributed by atoms with Gasteiger partial charge >= 0.3 is 0 Å². The van der Waals surface area contributed by atoms with E-state index in [4.69, 9.17) is 0 Å². The third kappa shape index (κ3) is 2.55. The fourth-order valence-corrected chi connectivity index (χ4v) is 4.35. The Kier molecular flexibility index (Phi) is 3.62. The minimum atomic E-state index is -0.117. The minimum absolute atomic E-state index is 0.117. The van der Waals surface area contributed by atoms with Gasteiger partial charge < -0.3 is 5.32 Å². The van der Waals surface area contributed by atoms with E-state index in [1.807, 2.05) is 13.1 Å². The van der Waals surface area contributed by atoms with Gasteiger partial charge in [0.15, 0.2) is 0 Å². The van der Waals surface area contributed by atoms with E-state index in [0.717, 1.165) is 23.3 Å². The van der Waals surface area contributed by atoms with E-state index in [1.165, 1.54) is 37.7 Å². The van der Waals surface area contributed by atoms with Crippen molar-refractivity contribution in [2.75, 3.05) is 7.05 Å². The van der Waals surface area contributed by atoms with Crippen molar-refractivity contribution in [1.82, 2.24) is 5.32 Å². The smallest absolute Gasteiger partial charge is 0.123 e. The molecule has 2 saturated carbocycles. The third-order valence-corrected chi connectivity index (χ3v) is 5.39. The molecule has 104 valence electrons. The van der Waals surface area contributed by atoms with E-state index in [-0.39, 0.29) is 5.82 Å². The zero-order valence-corrected chi connectivity index (χ0v) is 12.0. The molecule has 0 aliphatic heterocycles. The lowest BCUT2D eigenvalue weighted by Gasteiger charge is -2.27. The van der Waals surface area contributed by atoms with Crippen molar-refractivity contribution in [2.45, 2.75) is 45.1 Å². The second kappa shape index (κ2) is 5.24. The van der Waals surface area contributed by atoms with Crippen LogP contribution in [-0.4, -0.2) is 7.05 Å². The number of hydrogen-bond acceptors (Lipinski definition) is 1. The van der Waals surface area contributed by atoms with Gasteiger partial charge in [-0.15, -0.1) is 0 Å². The molecule has 0 saturated heterocycles. The number of hydrogen-bond donors (Lipinski definition) is 1. The van der Waals surface area contributed by atoms with Crippen LogP contribution in [0.5, 0.6) is 0 Å². The molecule has 0 radical (unpaired) electrons. The van der Waals surface area contributed by atoms with Gasteiger partial charge in [0.2, 0.25) is 0 Å². The molecule has 2 fully saturated rings. The van der Waals surface area contributed by atoms with Crippen LogP contribution in [0.3, 0.4) is 0 Å². The molecule has 0 spiro atoms. The molecule has 2 heteroatoms. The molecule has 1 N–H and O–H groups in total. The number of benzene rings is 1. The lowest BCUT2D eigenvalue weighted by atomic mass is 9.82. The van der Waals surface area contributed by atoms with Gasteiger partial charge in [-0.2, -0.15) is 0 Å². The summed E-state index contributed by atoms with van der Waals surface area (Å²) in [4.78, 5) is 0. The predicted octanol–water partition coefficient (Wildman–Crippen LogP) is 4.22. The summed E-state index contributed by atoms with van der Waals surface area (Å²) in [6.45, 7) is 2.08. The first-order valence-electron chi connectivity index (χ1n) is 7.60. The van der Waals surface area contributed by atoms with Crippen LogP contribution in [0.2, 0.25) is 0 Å². The maximum Gasteiger partial charge on any atom is 0.123 e. The standard InChI is InChI=1S/C17H24FN/c1-11-3-6-15(18)10-16(11)17(19-2)9-14-8-12-4-5-13(14)7-12/h3,6,10,12-14,17,19H,4-5,7-9H2,1-2H3. The van der Waals surface area contributed by atoms with Crippen LogP contribution in [0, 0.1) is 30.5 Å². The first kappa shape index (κ1) is 13.1. The summed E-state index contributed by atoms with van der Waals surface area (Å²) in [6, 6.07) is 5.47. The van der Waals surface area contributed by atoms with Crippen molar-refractivity contribution in [1.29, 1.82) is 0 Å². The molecule has 2 bridgehead atoms. The Morgan fingerprint density at radius 3 is 2.79 bits per heavy atom. The van der Waals surface area contributed by atoms with Crippen molar-refractivity contribution >= 4 is 0 Å². The van der Waals surface area contributed by atoms with E-state index in [1.54, 1.807) is 12.1 Å². The topological polar surface area (TPSA) is 12.0 Å². The van der Waals surface area contributed by atoms with Crippen LogP contribution in [0.1, 0.15) is 49.3 Å². The molecule has 4 unspecified atom stereocenters. The predicted molar refractivity (Wildman–Crippen MR) is 76.5 cm³/mol. The van der Waals surface area contributed by atoms with Crippen molar-refractivity contribution in [3.8, 4) is 0 Å². The molecular formula is C17H24FN. The van der Waals surface area contributed by atoms with E-state index in [2.05, 4.69) is 12.2 Å². The fraction of sp³-hybridized carbons (Fsp3) is 0.647. The van der Waals surface area contributed by atoms with Gasteiger partial charge in [-0.05, 0) is 80.7 Å². The number of aryl methyl sites for hydroxylation is 1. The molecule has 4 atom stereocenters. The summed E-state index contributed by atoms with van der Waals surface area (Å²) in [5, 5.41) is 3.41. The first-order chi connectivity index (χ1) is 9.17. The molecule has 0 amide bonds. The van der Waals surface area contributed by atoms with Crippen LogP contribution in [0.4, 0.5) is 4.39 Å². The molecule has 2 aliphatic carbocycles. The van der Waals surface area contributed by atoms with Crippen LogP contribution < -0.4 is 5.32 Å². The zero-order valence-electron chi connectivity index (χ0n) is 12.0. The Labute approximate surface area is 115 Å². The van der Waals surface area contributed by atoms with Gasteiger partial charge in [0, 0.05) is 6.04 Å². The molecule has 1 aromatic rings. The monoisotopic (exact) mass is 261 g/mol. The van der Waals surface area contributed by atoms with Crippen molar-refractivity contribution in [2.24, 2.45) is 17.8 Å². The zero-order chi connectivity index (χ0) is 13.4. The molecule has 2 aliphatic rings. The van der Waals surface area contributed by atoms with Gasteiger partial charge in [0.05, 0.1) is 0 Å². The Balaban J connectivity index is 1.75. The second-order valence-corrected chi connectivity index (χ2v) is 6.51. The summed E-state index contributed by atoms with van der Waals surface area (Å²) in [5.74, 6) is 2.66. The summed E-state index contributed by atoms with van der Waals surface area (Å²) in [5.41, 5.74) is 2.34. The van der Waals surface area contributed by atoms with E-state index in [9.17, 15) is 4.39 Å². The Hall–Kier alpha value is -0.890. The van der Waals surface area contributed by atoms with Crippen LogP contribution in [0.15, 0.2) is 18.2 Å². The summed E-state index contributed by atoms with van der Waals surface area (Å²) >= 11 is 0. The van der Waals surface area contributed by atoms with E-state index in [0.29, 0.717) is 6.04 Å². The number of fused-ring (bicyclic) bond motifs is 2. The highest BCUT2D eigenvalue weighted by atomic mass is 19.1. The van der Waals surface area contributed by atoms with Crippen molar-refractivity contribution in [3.63, 3.8) is 0 Å². The fourth-order valence-electron chi connectivity index (χ4n) is 4.35. The lowest BCUT2D eigenvalue weighted by Crippen LogP contribution is -2.23. The molecule has 0 aromatic heterocycles. The average Bonchev–Trinajstić information content (AvgIpc) is 3.01. The lowest BCUT2D eigenvalue weighted by molar-refractivity contribution is 0.283. The van der Waals surface area contributed by atoms with Crippen LogP contribution >= 0.6 is 0 Å². The normalized spacial score (nSPS) is 30.8. The van der Waals surface area contributed by atoms with Crippen LogP contribution in [0.25, 0.3) is 0 Å². The molecule has 0 heterocycles. The van der Waals surface area contributed by atoms with E-state index >= 15 is 0 Å². The van der Waals surface area contributed by atoms with Gasteiger partial charge in [-0.1, -0.05) is 12.5 Å². The number of rotatable bonds is 4. The average molecular weight is 261 g/mol. The molecule has 3 rings (SSSR count). The van der Waals surface area contributed by atoms with Crippen molar-refractivity contribution < 1.29 is 4.39 Å². The highest BCUT2D eigenvalue weighted by molar-refractivity contribution is 5.29. The highest BCUT2D eigenvalue weighted by Crippen LogP contribution is 2.51. The van der Waals surface area contributed by atoms with Crippen LogP contribution in [-0.2, 0) is 0 Å². The SMILES string of the molecule is CNC(CC1CC2CCC1C2)c1cc(F)ccc1C. The maximum atomic E-state index is 13.5. The molecule has 1 aromatic carbocycles. The molecule has 19 heavy (non-hydrogen) atoms. The van der Waals surface area contributed by atoms with E-state index < -0.39 is 0 Å².